The van der Waals surface area contributed by atoms with Crippen molar-refractivity contribution in [1.82, 2.24) is 0 Å². The first-order chi connectivity index (χ1) is 8.65. The number of rotatable bonds is 8. The van der Waals surface area contributed by atoms with Gasteiger partial charge in [0, 0.05) is 11.6 Å². The summed E-state index contributed by atoms with van der Waals surface area (Å²) in [4.78, 5) is 10.5. The van der Waals surface area contributed by atoms with Gasteiger partial charge < -0.3 is 15.6 Å². The Labute approximate surface area is 108 Å². The van der Waals surface area contributed by atoms with Crippen LogP contribution in [0, 0.1) is 0 Å². The Morgan fingerprint density at radius 2 is 2.06 bits per heavy atom. The molecule has 4 heteroatoms. The average molecular weight is 251 g/mol. The van der Waals surface area contributed by atoms with Crippen molar-refractivity contribution in [2.75, 3.05) is 6.61 Å². The third-order valence-corrected chi connectivity index (χ3v) is 2.69. The number of ether oxygens (including phenoxy) is 1. The summed E-state index contributed by atoms with van der Waals surface area (Å²) in [6.07, 6.45) is 2.69. The molecule has 0 bridgehead atoms. The van der Waals surface area contributed by atoms with Gasteiger partial charge in [0.1, 0.15) is 18.6 Å². The number of carbonyl (C=O) groups excluding carboxylic acids is 1. The summed E-state index contributed by atoms with van der Waals surface area (Å²) >= 11 is 0. The summed E-state index contributed by atoms with van der Waals surface area (Å²) in [6, 6.07) is 6.80. The van der Waals surface area contributed by atoms with Gasteiger partial charge >= 0.3 is 0 Å². The Kier molecular flexibility index (Phi) is 6.39. The van der Waals surface area contributed by atoms with E-state index in [2.05, 4.69) is 6.92 Å². The summed E-state index contributed by atoms with van der Waals surface area (Å²) in [7, 11) is 0. The molecule has 0 amide bonds. The predicted octanol–water partition coefficient (Wildman–Crippen LogP) is 1.76. The molecule has 1 aromatic rings. The fourth-order valence-corrected chi connectivity index (χ4v) is 1.74. The molecule has 0 saturated heterocycles. The van der Waals surface area contributed by atoms with Crippen molar-refractivity contribution in [3.63, 3.8) is 0 Å². The molecule has 0 aliphatic rings. The summed E-state index contributed by atoms with van der Waals surface area (Å²) in [5, 5.41) is 9.75. The van der Waals surface area contributed by atoms with Gasteiger partial charge in [-0.3, -0.25) is 4.79 Å². The van der Waals surface area contributed by atoms with Gasteiger partial charge in [-0.2, -0.15) is 0 Å². The van der Waals surface area contributed by atoms with Gasteiger partial charge in [0.2, 0.25) is 0 Å². The van der Waals surface area contributed by atoms with E-state index in [-0.39, 0.29) is 12.6 Å². The van der Waals surface area contributed by atoms with Crippen LogP contribution >= 0.6 is 0 Å². The smallest absolute Gasteiger partial charge is 0.150 e. The molecular formula is C14H21NO3. The number of aliphatic hydroxyl groups is 1. The molecule has 0 spiro atoms. The number of aliphatic hydroxyl groups excluding tert-OH is 1. The molecule has 18 heavy (non-hydrogen) atoms. The lowest BCUT2D eigenvalue weighted by molar-refractivity contribution is 0.0930. The molecule has 0 aromatic heterocycles. The normalized spacial score (nSPS) is 13.9. The maximum Gasteiger partial charge on any atom is 0.150 e. The van der Waals surface area contributed by atoms with Gasteiger partial charge in [-0.1, -0.05) is 13.3 Å². The van der Waals surface area contributed by atoms with Crippen LogP contribution in [0.1, 0.15) is 36.5 Å². The maximum absolute atomic E-state index is 10.5. The molecule has 2 atom stereocenters. The summed E-state index contributed by atoms with van der Waals surface area (Å²) in [5.74, 6) is 0.642. The lowest BCUT2D eigenvalue weighted by Gasteiger charge is -2.16. The van der Waals surface area contributed by atoms with E-state index in [1.54, 1.807) is 24.3 Å². The van der Waals surface area contributed by atoms with Gasteiger partial charge in [0.15, 0.2) is 0 Å². The Morgan fingerprint density at radius 3 is 2.61 bits per heavy atom. The molecule has 1 aromatic carbocycles. The zero-order valence-corrected chi connectivity index (χ0v) is 10.7. The molecule has 0 fully saturated rings. The first kappa shape index (κ1) is 14.7. The molecule has 1 rings (SSSR count). The quantitative estimate of drug-likeness (QED) is 0.690. The second-order valence-corrected chi connectivity index (χ2v) is 4.44. The van der Waals surface area contributed by atoms with Gasteiger partial charge in [-0.15, -0.1) is 0 Å². The molecule has 0 aliphatic carbocycles. The van der Waals surface area contributed by atoms with Crippen LogP contribution in [0.4, 0.5) is 0 Å². The largest absolute Gasteiger partial charge is 0.491 e. The maximum atomic E-state index is 10.5. The molecule has 2 unspecified atom stereocenters. The van der Waals surface area contributed by atoms with E-state index in [1.165, 1.54) is 0 Å². The molecular weight excluding hydrogens is 230 g/mol. The summed E-state index contributed by atoms with van der Waals surface area (Å²) < 4.78 is 5.42. The highest BCUT2D eigenvalue weighted by molar-refractivity contribution is 5.74. The van der Waals surface area contributed by atoms with Crippen molar-refractivity contribution < 1.29 is 14.6 Å². The molecule has 0 aliphatic heterocycles. The number of aldehydes is 1. The van der Waals surface area contributed by atoms with E-state index in [0.717, 1.165) is 19.1 Å². The van der Waals surface area contributed by atoms with Crippen LogP contribution in [-0.4, -0.2) is 30.1 Å². The number of nitrogens with two attached hydrogens (primary N) is 1. The van der Waals surface area contributed by atoms with Crippen molar-refractivity contribution >= 4 is 6.29 Å². The highest BCUT2D eigenvalue weighted by atomic mass is 16.5. The molecule has 100 valence electrons. The monoisotopic (exact) mass is 251 g/mol. The van der Waals surface area contributed by atoms with Crippen LogP contribution in [0.3, 0.4) is 0 Å². The van der Waals surface area contributed by atoms with Crippen LogP contribution in [0.15, 0.2) is 24.3 Å². The Bertz CT molecular complexity index is 351. The van der Waals surface area contributed by atoms with Gasteiger partial charge in [0.05, 0.1) is 6.10 Å². The zero-order valence-electron chi connectivity index (χ0n) is 10.7. The van der Waals surface area contributed by atoms with E-state index in [1.807, 2.05) is 0 Å². The molecule has 0 heterocycles. The minimum atomic E-state index is -0.558. The lowest BCUT2D eigenvalue weighted by Crippen LogP contribution is -2.29. The van der Waals surface area contributed by atoms with E-state index < -0.39 is 6.10 Å². The van der Waals surface area contributed by atoms with E-state index in [9.17, 15) is 9.90 Å². The van der Waals surface area contributed by atoms with Gasteiger partial charge in [-0.25, -0.2) is 0 Å². The number of hydrogen-bond acceptors (Lipinski definition) is 4. The Morgan fingerprint density at radius 1 is 1.39 bits per heavy atom. The van der Waals surface area contributed by atoms with Crippen LogP contribution in [0.25, 0.3) is 0 Å². The number of carbonyl (C=O) groups is 1. The standard InChI is InChI=1S/C14H21NO3/c1-2-3-12(15)8-13(17)10-18-14-6-4-11(9-16)5-7-14/h4-7,9,12-13,17H,2-3,8,10,15H2,1H3. The minimum Gasteiger partial charge on any atom is -0.491 e. The van der Waals surface area contributed by atoms with Crippen LogP contribution in [0.2, 0.25) is 0 Å². The van der Waals surface area contributed by atoms with Crippen LogP contribution in [0.5, 0.6) is 5.75 Å². The highest BCUT2D eigenvalue weighted by Crippen LogP contribution is 2.12. The summed E-state index contributed by atoms with van der Waals surface area (Å²) in [5.41, 5.74) is 6.44. The summed E-state index contributed by atoms with van der Waals surface area (Å²) in [6.45, 7) is 2.29. The van der Waals surface area contributed by atoms with Gasteiger partial charge in [0.25, 0.3) is 0 Å². The number of benzene rings is 1. The lowest BCUT2D eigenvalue weighted by atomic mass is 10.1. The van der Waals surface area contributed by atoms with Crippen LogP contribution < -0.4 is 10.5 Å². The Hall–Kier alpha value is -1.39. The SMILES string of the molecule is CCCC(N)CC(O)COc1ccc(C=O)cc1. The highest BCUT2D eigenvalue weighted by Gasteiger charge is 2.10. The average Bonchev–Trinajstić information content (AvgIpc) is 2.37. The molecule has 0 radical (unpaired) electrons. The third kappa shape index (κ3) is 5.29. The fourth-order valence-electron chi connectivity index (χ4n) is 1.74. The first-order valence-electron chi connectivity index (χ1n) is 6.27. The molecule has 3 N–H and O–H groups in total. The van der Waals surface area contributed by atoms with Crippen LogP contribution in [-0.2, 0) is 0 Å². The van der Waals surface area contributed by atoms with Crippen molar-refractivity contribution in [1.29, 1.82) is 0 Å². The predicted molar refractivity (Wildman–Crippen MR) is 70.8 cm³/mol. The van der Waals surface area contributed by atoms with E-state index >= 15 is 0 Å². The zero-order chi connectivity index (χ0) is 13.4. The number of hydrogen-bond donors (Lipinski definition) is 2. The van der Waals surface area contributed by atoms with Crippen molar-refractivity contribution in [2.45, 2.75) is 38.3 Å². The van der Waals surface area contributed by atoms with E-state index in [4.69, 9.17) is 10.5 Å². The minimum absolute atomic E-state index is 0.0195. The van der Waals surface area contributed by atoms with Gasteiger partial charge in [-0.05, 0) is 37.1 Å². The second-order valence-electron chi connectivity index (χ2n) is 4.44. The third-order valence-electron chi connectivity index (χ3n) is 2.69. The topological polar surface area (TPSA) is 72.6 Å². The molecule has 4 nitrogen and oxygen atoms in total. The van der Waals surface area contributed by atoms with Crippen molar-refractivity contribution in [2.24, 2.45) is 5.73 Å². The molecule has 0 saturated carbocycles. The Balaban J connectivity index is 2.32. The second kappa shape index (κ2) is 7.84. The fraction of sp³-hybridized carbons (Fsp3) is 0.500. The van der Waals surface area contributed by atoms with E-state index in [0.29, 0.717) is 17.7 Å². The van der Waals surface area contributed by atoms with Crippen molar-refractivity contribution in [3.8, 4) is 5.75 Å². The van der Waals surface area contributed by atoms with Crippen molar-refractivity contribution in [3.05, 3.63) is 29.8 Å². The first-order valence-corrected chi connectivity index (χ1v) is 6.27.